The van der Waals surface area contributed by atoms with Crippen molar-refractivity contribution in [2.75, 3.05) is 0 Å². The van der Waals surface area contributed by atoms with Crippen molar-refractivity contribution in [3.63, 3.8) is 0 Å². The van der Waals surface area contributed by atoms with Gasteiger partial charge in [-0.05, 0) is 26.0 Å². The number of halogens is 1. The van der Waals surface area contributed by atoms with Gasteiger partial charge in [-0.2, -0.15) is 0 Å². The quantitative estimate of drug-likeness (QED) is 0.534. The van der Waals surface area contributed by atoms with Crippen LogP contribution in [-0.2, 0) is 11.4 Å². The van der Waals surface area contributed by atoms with E-state index in [0.717, 1.165) is 16.5 Å². The van der Waals surface area contributed by atoms with Crippen LogP contribution in [0.3, 0.4) is 0 Å². The third kappa shape index (κ3) is 3.28. The average molecular weight is 330 g/mol. The highest BCUT2D eigenvalue weighted by atomic mass is 32.2. The minimum atomic E-state index is -1.28. The molecule has 1 aromatic heterocycles. The molecule has 118 valence electrons. The van der Waals surface area contributed by atoms with Gasteiger partial charge in [-0.15, -0.1) is 0 Å². The molecule has 0 fully saturated rings. The molecule has 2 aromatic carbocycles. The van der Waals surface area contributed by atoms with Crippen molar-refractivity contribution in [1.82, 2.24) is 5.16 Å². The summed E-state index contributed by atoms with van der Waals surface area (Å²) in [5.41, 5.74) is 2.57. The van der Waals surface area contributed by atoms with Crippen LogP contribution in [0.5, 0.6) is 0 Å². The summed E-state index contributed by atoms with van der Waals surface area (Å²) in [4.78, 5) is 0. The minimum absolute atomic E-state index is 0.0470. The second kappa shape index (κ2) is 6.52. The smallest absolute Gasteiger partial charge is 0.170 e. The Kier molecular flexibility index (Phi) is 4.45. The Hall–Kier alpha value is -2.18. The number of benzene rings is 2. The van der Waals surface area contributed by atoms with E-state index in [-0.39, 0.29) is 11.1 Å². The molecule has 3 aromatic rings. The van der Waals surface area contributed by atoms with Crippen LogP contribution >= 0.6 is 0 Å². The Morgan fingerprint density at radius 1 is 1.26 bits per heavy atom. The fourth-order valence-corrected chi connectivity index (χ4v) is 2.62. The van der Waals surface area contributed by atoms with Crippen molar-refractivity contribution in [3.8, 4) is 11.3 Å². The SMILES string of the molecule is CC(C)[S+]([O-])N=Cc1ccccc1-c1noc2cc(F)ccc12. The normalized spacial score (nSPS) is 13.3. The summed E-state index contributed by atoms with van der Waals surface area (Å²) in [5.74, 6) is -0.373. The van der Waals surface area contributed by atoms with Crippen molar-refractivity contribution in [1.29, 1.82) is 0 Å². The van der Waals surface area contributed by atoms with Gasteiger partial charge in [0.1, 0.15) is 16.8 Å². The van der Waals surface area contributed by atoms with E-state index in [1.807, 2.05) is 38.1 Å². The van der Waals surface area contributed by atoms with Crippen LogP contribution in [0.25, 0.3) is 22.2 Å². The van der Waals surface area contributed by atoms with E-state index in [4.69, 9.17) is 4.52 Å². The van der Waals surface area contributed by atoms with E-state index < -0.39 is 11.4 Å². The molecule has 0 N–H and O–H groups in total. The molecular formula is C17H15FN2O2S. The average Bonchev–Trinajstić information content (AvgIpc) is 2.95. The molecule has 0 radical (unpaired) electrons. The maximum Gasteiger partial charge on any atom is 0.170 e. The second-order valence-corrected chi connectivity index (χ2v) is 7.02. The van der Waals surface area contributed by atoms with Gasteiger partial charge in [-0.3, -0.25) is 0 Å². The summed E-state index contributed by atoms with van der Waals surface area (Å²) in [6, 6.07) is 11.8. The van der Waals surface area contributed by atoms with Crippen molar-refractivity contribution in [2.45, 2.75) is 19.1 Å². The van der Waals surface area contributed by atoms with E-state index in [2.05, 4.69) is 9.55 Å². The number of nitrogens with zero attached hydrogens (tertiary/aromatic N) is 2. The molecule has 23 heavy (non-hydrogen) atoms. The molecule has 0 saturated carbocycles. The first kappa shape index (κ1) is 15.7. The van der Waals surface area contributed by atoms with E-state index in [1.165, 1.54) is 12.1 Å². The largest absolute Gasteiger partial charge is 0.591 e. The topological polar surface area (TPSA) is 61.5 Å². The van der Waals surface area contributed by atoms with Gasteiger partial charge in [-0.1, -0.05) is 33.8 Å². The number of aromatic nitrogens is 1. The first-order chi connectivity index (χ1) is 11.1. The molecule has 0 saturated heterocycles. The van der Waals surface area contributed by atoms with E-state index in [0.29, 0.717) is 11.3 Å². The van der Waals surface area contributed by atoms with Crippen molar-refractivity contribution < 1.29 is 13.5 Å². The molecule has 1 heterocycles. The molecule has 3 rings (SSSR count). The van der Waals surface area contributed by atoms with Crippen LogP contribution < -0.4 is 0 Å². The number of fused-ring (bicyclic) bond motifs is 1. The molecule has 0 aliphatic carbocycles. The lowest BCUT2D eigenvalue weighted by Gasteiger charge is -2.07. The fraction of sp³-hybridized carbons (Fsp3) is 0.176. The van der Waals surface area contributed by atoms with Crippen LogP contribution in [0.2, 0.25) is 0 Å². The van der Waals surface area contributed by atoms with Crippen molar-refractivity contribution >= 4 is 28.5 Å². The first-order valence-corrected chi connectivity index (χ1v) is 8.32. The van der Waals surface area contributed by atoms with Gasteiger partial charge in [0, 0.05) is 22.6 Å². The molecule has 0 amide bonds. The van der Waals surface area contributed by atoms with E-state index in [1.54, 1.807) is 12.3 Å². The van der Waals surface area contributed by atoms with Crippen LogP contribution in [0.15, 0.2) is 51.4 Å². The molecule has 4 nitrogen and oxygen atoms in total. The molecule has 0 aliphatic rings. The lowest BCUT2D eigenvalue weighted by Crippen LogP contribution is -2.10. The van der Waals surface area contributed by atoms with Gasteiger partial charge < -0.3 is 9.08 Å². The van der Waals surface area contributed by atoms with E-state index in [9.17, 15) is 8.94 Å². The number of hydrogen-bond donors (Lipinski definition) is 0. The standard InChI is InChI=1S/C17H15FN2O2S/c1-11(2)23(21)19-10-12-5-3-4-6-14(12)17-15-8-7-13(18)9-16(15)22-20-17/h3-11H,1-2H3. The minimum Gasteiger partial charge on any atom is -0.591 e. The Morgan fingerprint density at radius 3 is 2.83 bits per heavy atom. The maximum absolute atomic E-state index is 13.3. The lowest BCUT2D eigenvalue weighted by atomic mass is 10.0. The Morgan fingerprint density at radius 2 is 2.04 bits per heavy atom. The first-order valence-electron chi connectivity index (χ1n) is 7.15. The summed E-state index contributed by atoms with van der Waals surface area (Å²) in [6.45, 7) is 3.69. The molecule has 0 bridgehead atoms. The third-order valence-electron chi connectivity index (χ3n) is 3.35. The Balaban J connectivity index is 2.06. The highest BCUT2D eigenvalue weighted by molar-refractivity contribution is 7.90. The molecule has 1 atom stereocenters. The highest BCUT2D eigenvalue weighted by Gasteiger charge is 2.15. The second-order valence-electron chi connectivity index (χ2n) is 5.32. The Labute approximate surface area is 136 Å². The zero-order chi connectivity index (χ0) is 16.4. The van der Waals surface area contributed by atoms with Crippen molar-refractivity contribution in [2.24, 2.45) is 4.40 Å². The summed E-state index contributed by atoms with van der Waals surface area (Å²) in [6.07, 6.45) is 1.58. The number of hydrogen-bond acceptors (Lipinski definition) is 4. The lowest BCUT2D eigenvalue weighted by molar-refractivity contribution is 0.457. The predicted octanol–water partition coefficient (Wildman–Crippen LogP) is 4.12. The molecule has 6 heteroatoms. The van der Waals surface area contributed by atoms with Crippen LogP contribution in [-0.4, -0.2) is 21.2 Å². The van der Waals surface area contributed by atoms with Gasteiger partial charge in [0.05, 0.1) is 17.6 Å². The van der Waals surface area contributed by atoms with Gasteiger partial charge >= 0.3 is 0 Å². The fourth-order valence-electron chi connectivity index (χ4n) is 2.16. The zero-order valence-corrected chi connectivity index (χ0v) is 13.5. The predicted molar refractivity (Wildman–Crippen MR) is 90.3 cm³/mol. The maximum atomic E-state index is 13.3. The van der Waals surface area contributed by atoms with Gasteiger partial charge in [-0.25, -0.2) is 4.39 Å². The summed E-state index contributed by atoms with van der Waals surface area (Å²) >= 11 is -1.28. The number of rotatable bonds is 4. The zero-order valence-electron chi connectivity index (χ0n) is 12.7. The molecular weight excluding hydrogens is 315 g/mol. The molecule has 1 unspecified atom stereocenters. The van der Waals surface area contributed by atoms with Crippen LogP contribution in [0.1, 0.15) is 19.4 Å². The van der Waals surface area contributed by atoms with Gasteiger partial charge in [0.15, 0.2) is 5.58 Å². The van der Waals surface area contributed by atoms with Crippen molar-refractivity contribution in [3.05, 3.63) is 53.8 Å². The van der Waals surface area contributed by atoms with E-state index >= 15 is 0 Å². The molecule has 0 spiro atoms. The highest BCUT2D eigenvalue weighted by Crippen LogP contribution is 2.30. The summed E-state index contributed by atoms with van der Waals surface area (Å²) in [5, 5.41) is 4.72. The third-order valence-corrected chi connectivity index (χ3v) is 4.47. The van der Waals surface area contributed by atoms with Gasteiger partial charge in [0.2, 0.25) is 0 Å². The summed E-state index contributed by atoms with van der Waals surface area (Å²) < 4.78 is 34.4. The van der Waals surface area contributed by atoms with Crippen LogP contribution in [0, 0.1) is 5.82 Å². The summed E-state index contributed by atoms with van der Waals surface area (Å²) in [7, 11) is 0. The van der Waals surface area contributed by atoms with Gasteiger partial charge in [0.25, 0.3) is 0 Å². The molecule has 0 aliphatic heterocycles. The van der Waals surface area contributed by atoms with Crippen LogP contribution in [0.4, 0.5) is 4.39 Å². The Bertz CT molecular complexity index is 861. The monoisotopic (exact) mass is 330 g/mol.